The maximum Gasteiger partial charge on any atom is 0.238 e. The van der Waals surface area contributed by atoms with Gasteiger partial charge in [-0.25, -0.2) is 18.2 Å². The van der Waals surface area contributed by atoms with Gasteiger partial charge >= 0.3 is 0 Å². The molecule has 11 heteroatoms. The zero-order chi connectivity index (χ0) is 18.7. The zero-order valence-electron chi connectivity index (χ0n) is 14.2. The number of primary sulfonamides is 1. The summed E-state index contributed by atoms with van der Waals surface area (Å²) in [5.74, 6) is -0.0958. The number of aromatic nitrogens is 4. The van der Waals surface area contributed by atoms with E-state index in [0.29, 0.717) is 24.2 Å². The Kier molecular flexibility index (Phi) is 5.58. The molecule has 3 N–H and O–H groups in total. The molecular formula is C15H20N6O3S2. The first-order valence-electron chi connectivity index (χ1n) is 8.18. The van der Waals surface area contributed by atoms with E-state index in [-0.39, 0.29) is 16.1 Å². The number of thioether (sulfide) groups is 1. The molecule has 1 heterocycles. The molecule has 0 radical (unpaired) electrons. The molecule has 0 aliphatic heterocycles. The number of hydrogen-bond donors (Lipinski definition) is 2. The van der Waals surface area contributed by atoms with Crippen molar-refractivity contribution in [2.75, 3.05) is 6.54 Å². The van der Waals surface area contributed by atoms with Gasteiger partial charge in [0.25, 0.3) is 0 Å². The number of nitrogens with two attached hydrogens (primary N) is 1. The quantitative estimate of drug-likeness (QED) is 0.621. The van der Waals surface area contributed by atoms with Crippen molar-refractivity contribution in [1.82, 2.24) is 25.5 Å². The molecule has 26 heavy (non-hydrogen) atoms. The first-order chi connectivity index (χ1) is 12.3. The van der Waals surface area contributed by atoms with E-state index in [1.54, 1.807) is 16.8 Å². The Balaban J connectivity index is 1.46. The van der Waals surface area contributed by atoms with Crippen LogP contribution in [0.5, 0.6) is 0 Å². The lowest BCUT2D eigenvalue weighted by Gasteiger charge is -2.11. The molecule has 3 rings (SSSR count). The third-order valence-electron chi connectivity index (χ3n) is 3.97. The van der Waals surface area contributed by atoms with Gasteiger partial charge < -0.3 is 5.32 Å². The topological polar surface area (TPSA) is 133 Å². The highest BCUT2D eigenvalue weighted by Crippen LogP contribution is 2.37. The predicted molar refractivity (Wildman–Crippen MR) is 95.9 cm³/mol. The first-order valence-corrected chi connectivity index (χ1v) is 10.6. The van der Waals surface area contributed by atoms with E-state index in [2.05, 4.69) is 20.8 Å². The van der Waals surface area contributed by atoms with E-state index in [9.17, 15) is 13.2 Å². The fourth-order valence-corrected chi connectivity index (χ4v) is 3.74. The molecule has 2 aromatic rings. The zero-order valence-corrected chi connectivity index (χ0v) is 15.8. The molecule has 9 nitrogen and oxygen atoms in total. The number of benzene rings is 1. The minimum Gasteiger partial charge on any atom is -0.355 e. The van der Waals surface area contributed by atoms with Crippen LogP contribution in [0.2, 0.25) is 0 Å². The lowest BCUT2D eigenvalue weighted by Crippen LogP contribution is -2.32. The number of nitrogens with zero attached hydrogens (tertiary/aromatic N) is 4. The third kappa shape index (κ3) is 4.80. The molecule has 1 aromatic heterocycles. The summed E-state index contributed by atoms with van der Waals surface area (Å²) in [7, 11) is -3.69. The molecule has 1 aliphatic carbocycles. The lowest BCUT2D eigenvalue weighted by molar-refractivity contribution is -0.120. The maximum atomic E-state index is 12.2. The highest BCUT2D eigenvalue weighted by atomic mass is 32.2. The van der Waals surface area contributed by atoms with Crippen LogP contribution in [0, 0.1) is 0 Å². The predicted octanol–water partition coefficient (Wildman–Crippen LogP) is 0.495. The summed E-state index contributed by atoms with van der Waals surface area (Å²) >= 11 is 1.34. The fourth-order valence-electron chi connectivity index (χ4n) is 2.34. The van der Waals surface area contributed by atoms with Gasteiger partial charge in [-0.15, -0.1) is 5.10 Å². The molecular weight excluding hydrogens is 376 g/mol. The summed E-state index contributed by atoms with van der Waals surface area (Å²) in [6.07, 6.45) is 2.74. The molecule has 140 valence electrons. The Labute approximate surface area is 155 Å². The van der Waals surface area contributed by atoms with Crippen LogP contribution in [0.25, 0.3) is 0 Å². The highest BCUT2D eigenvalue weighted by Gasteiger charge is 2.29. The van der Waals surface area contributed by atoms with Gasteiger partial charge in [0, 0.05) is 6.54 Å². The van der Waals surface area contributed by atoms with Crippen molar-refractivity contribution in [2.45, 2.75) is 47.5 Å². The molecule has 0 unspecified atom stereocenters. The lowest BCUT2D eigenvalue weighted by atomic mass is 10.1. The molecule has 0 saturated heterocycles. The van der Waals surface area contributed by atoms with Gasteiger partial charge in [-0.2, -0.15) is 0 Å². The molecule has 1 aromatic carbocycles. The van der Waals surface area contributed by atoms with E-state index in [1.165, 1.54) is 23.9 Å². The molecule has 1 atom stereocenters. The number of amides is 1. The average molecular weight is 396 g/mol. The van der Waals surface area contributed by atoms with Crippen molar-refractivity contribution in [3.05, 3.63) is 29.8 Å². The summed E-state index contributed by atoms with van der Waals surface area (Å²) in [5.41, 5.74) is 0.913. The minimum atomic E-state index is -3.69. The van der Waals surface area contributed by atoms with Gasteiger partial charge in [0.15, 0.2) is 0 Å². The Morgan fingerprint density at radius 2 is 2.08 bits per heavy atom. The van der Waals surface area contributed by atoms with E-state index < -0.39 is 10.0 Å². The second kappa shape index (κ2) is 7.72. The Morgan fingerprint density at radius 3 is 2.69 bits per heavy atom. The van der Waals surface area contributed by atoms with E-state index in [4.69, 9.17) is 5.14 Å². The number of tetrazole rings is 1. The second-order valence-corrected chi connectivity index (χ2v) is 9.00. The normalized spacial score (nSPS) is 15.6. The standard InChI is InChI=1S/C15H20N6O3S2/c1-10(25-15-18-19-20-21(15)12-4-5-12)14(22)17-9-8-11-2-6-13(7-3-11)26(16,23)24/h2-3,6-7,10,12H,4-5,8-9H2,1H3,(H,17,22)(H2,16,23,24)/t10-/m1/s1. The van der Waals surface area contributed by atoms with Gasteiger partial charge in [-0.05, 0) is 54.3 Å². The molecule has 0 bridgehead atoms. The molecule has 1 amide bonds. The highest BCUT2D eigenvalue weighted by molar-refractivity contribution is 8.00. The third-order valence-corrected chi connectivity index (χ3v) is 5.95. The molecule has 0 spiro atoms. The van der Waals surface area contributed by atoms with Crippen molar-refractivity contribution >= 4 is 27.7 Å². The average Bonchev–Trinajstić information content (AvgIpc) is 3.34. The summed E-state index contributed by atoms with van der Waals surface area (Å²) in [6, 6.07) is 6.66. The second-order valence-electron chi connectivity index (χ2n) is 6.13. The van der Waals surface area contributed by atoms with Gasteiger partial charge in [0.1, 0.15) is 0 Å². The number of sulfonamides is 1. The van der Waals surface area contributed by atoms with Crippen LogP contribution in [-0.2, 0) is 21.2 Å². The van der Waals surface area contributed by atoms with E-state index >= 15 is 0 Å². The maximum absolute atomic E-state index is 12.2. The Bertz CT molecular complexity index is 877. The molecule has 1 fully saturated rings. The van der Waals surface area contributed by atoms with Gasteiger partial charge in [0.05, 0.1) is 16.2 Å². The molecule has 1 aliphatic rings. The first kappa shape index (κ1) is 18.8. The van der Waals surface area contributed by atoms with Gasteiger partial charge in [-0.3, -0.25) is 4.79 Å². The summed E-state index contributed by atoms with van der Waals surface area (Å²) in [4.78, 5) is 12.3. The number of nitrogens with one attached hydrogen (secondary N) is 1. The number of carbonyl (C=O) groups excluding carboxylic acids is 1. The van der Waals surface area contributed by atoms with Crippen LogP contribution in [0.3, 0.4) is 0 Å². The van der Waals surface area contributed by atoms with Crippen molar-refractivity contribution in [2.24, 2.45) is 5.14 Å². The summed E-state index contributed by atoms with van der Waals surface area (Å²) in [5, 5.41) is 19.9. The van der Waals surface area contributed by atoms with Gasteiger partial charge in [0.2, 0.25) is 21.1 Å². The summed E-state index contributed by atoms with van der Waals surface area (Å²) < 4.78 is 24.2. The SMILES string of the molecule is C[C@@H](Sc1nnnn1C1CC1)C(=O)NCCc1ccc(S(N)(=O)=O)cc1. The number of hydrogen-bond acceptors (Lipinski definition) is 7. The van der Waals surface area contributed by atoms with Crippen LogP contribution < -0.4 is 10.5 Å². The van der Waals surface area contributed by atoms with Crippen molar-refractivity contribution in [3.63, 3.8) is 0 Å². The van der Waals surface area contributed by atoms with Crippen LogP contribution in [0.1, 0.15) is 31.4 Å². The van der Waals surface area contributed by atoms with Crippen molar-refractivity contribution in [1.29, 1.82) is 0 Å². The largest absolute Gasteiger partial charge is 0.355 e. The van der Waals surface area contributed by atoms with Crippen molar-refractivity contribution < 1.29 is 13.2 Å². The molecule has 1 saturated carbocycles. The minimum absolute atomic E-state index is 0.0729. The van der Waals surface area contributed by atoms with E-state index in [1.807, 2.05) is 6.92 Å². The van der Waals surface area contributed by atoms with Crippen LogP contribution in [0.4, 0.5) is 0 Å². The summed E-state index contributed by atoms with van der Waals surface area (Å²) in [6.45, 7) is 2.26. The number of rotatable bonds is 8. The van der Waals surface area contributed by atoms with Crippen LogP contribution in [-0.4, -0.2) is 46.3 Å². The fraction of sp³-hybridized carbons (Fsp3) is 0.467. The Morgan fingerprint density at radius 1 is 1.38 bits per heavy atom. The van der Waals surface area contributed by atoms with E-state index in [0.717, 1.165) is 18.4 Å². The van der Waals surface area contributed by atoms with Crippen molar-refractivity contribution in [3.8, 4) is 0 Å². The Hall–Kier alpha value is -1.98. The number of carbonyl (C=O) groups is 1. The monoisotopic (exact) mass is 396 g/mol. The van der Waals surface area contributed by atoms with Gasteiger partial charge in [-0.1, -0.05) is 23.9 Å². The smallest absolute Gasteiger partial charge is 0.238 e. The van der Waals surface area contributed by atoms with Crippen LogP contribution in [0.15, 0.2) is 34.3 Å². The van der Waals surface area contributed by atoms with Crippen LogP contribution >= 0.6 is 11.8 Å².